The number of nitrogens with zero attached hydrogens (tertiary/aromatic N) is 5. The second kappa shape index (κ2) is 14.7. The van der Waals surface area contributed by atoms with Crippen LogP contribution < -0.4 is 26.6 Å². The van der Waals surface area contributed by atoms with E-state index in [9.17, 15) is 9.59 Å². The molecule has 13 heteroatoms. The van der Waals surface area contributed by atoms with Crippen LogP contribution in [0.4, 0.5) is 11.5 Å². The molecule has 4 heterocycles. The summed E-state index contributed by atoms with van der Waals surface area (Å²) in [6, 6.07) is 14.0. The van der Waals surface area contributed by atoms with E-state index in [1.54, 1.807) is 20.2 Å². The van der Waals surface area contributed by atoms with Crippen LogP contribution in [0.25, 0.3) is 33.4 Å². The van der Waals surface area contributed by atoms with E-state index in [-0.39, 0.29) is 22.9 Å². The molecule has 3 aromatic heterocycles. The average molecular weight is 705 g/mol. The van der Waals surface area contributed by atoms with Crippen molar-refractivity contribution in [2.24, 2.45) is 14.1 Å². The van der Waals surface area contributed by atoms with Gasteiger partial charge >= 0.3 is 5.69 Å². The van der Waals surface area contributed by atoms with Crippen molar-refractivity contribution in [3.8, 4) is 28.3 Å². The van der Waals surface area contributed by atoms with Crippen molar-refractivity contribution in [3.63, 3.8) is 0 Å². The number of nitrogens with one attached hydrogen (secondary N) is 2. The van der Waals surface area contributed by atoms with Gasteiger partial charge in [0.15, 0.2) is 5.65 Å². The highest BCUT2D eigenvalue weighted by atomic mass is 35.5. The van der Waals surface area contributed by atoms with Crippen molar-refractivity contribution in [2.75, 3.05) is 25.6 Å². The molecule has 5 aromatic rings. The van der Waals surface area contributed by atoms with Crippen LogP contribution in [-0.4, -0.2) is 50.5 Å². The molecule has 1 unspecified atom stereocenters. The Labute approximate surface area is 294 Å². The summed E-state index contributed by atoms with van der Waals surface area (Å²) in [5, 5.41) is 8.03. The van der Waals surface area contributed by atoms with E-state index in [4.69, 9.17) is 37.7 Å². The lowest BCUT2D eigenvalue weighted by atomic mass is 9.99. The number of aryl methyl sites for hydroxylation is 2. The van der Waals surface area contributed by atoms with Gasteiger partial charge in [0.25, 0.3) is 5.56 Å². The number of halogens is 2. The summed E-state index contributed by atoms with van der Waals surface area (Å²) in [6.45, 7) is 5.56. The van der Waals surface area contributed by atoms with E-state index in [1.807, 2.05) is 44.2 Å². The van der Waals surface area contributed by atoms with E-state index < -0.39 is 11.2 Å². The fourth-order valence-electron chi connectivity index (χ4n) is 6.61. The third-order valence-electron chi connectivity index (χ3n) is 9.07. The second-order valence-corrected chi connectivity index (χ2v) is 12.6. The van der Waals surface area contributed by atoms with Gasteiger partial charge in [-0.3, -0.25) is 13.9 Å². The van der Waals surface area contributed by atoms with Crippen LogP contribution in [0.3, 0.4) is 0 Å². The molecule has 0 spiro atoms. The summed E-state index contributed by atoms with van der Waals surface area (Å²) >= 11 is 14.1. The summed E-state index contributed by atoms with van der Waals surface area (Å²) in [7, 11) is 4.62. The van der Waals surface area contributed by atoms with E-state index in [1.165, 1.54) is 23.5 Å². The Balaban J connectivity index is 0.00000205. The highest BCUT2D eigenvalue weighted by Crippen LogP contribution is 2.44. The number of rotatable bonds is 7. The first-order chi connectivity index (χ1) is 23.8. The quantitative estimate of drug-likeness (QED) is 0.193. The summed E-state index contributed by atoms with van der Waals surface area (Å²) in [5.74, 6) is 0.829. The largest absolute Gasteiger partial charge is 0.481 e. The number of ether oxygens (including phenoxy) is 2. The molecule has 2 aliphatic rings. The Morgan fingerprint density at radius 1 is 0.918 bits per heavy atom. The van der Waals surface area contributed by atoms with Gasteiger partial charge in [-0.25, -0.2) is 19.7 Å². The zero-order valence-electron chi connectivity index (χ0n) is 28.1. The molecule has 11 nitrogen and oxygen atoms in total. The summed E-state index contributed by atoms with van der Waals surface area (Å²) < 4.78 is 13.7. The minimum atomic E-state index is -0.516. The lowest BCUT2D eigenvalue weighted by Crippen LogP contribution is -2.37. The highest BCUT2D eigenvalue weighted by Gasteiger charge is 2.31. The minimum Gasteiger partial charge on any atom is -0.481 e. The number of hydrogen-bond donors (Lipinski definition) is 2. The van der Waals surface area contributed by atoms with Crippen molar-refractivity contribution in [1.29, 1.82) is 0 Å². The van der Waals surface area contributed by atoms with Gasteiger partial charge in [0, 0.05) is 61.6 Å². The van der Waals surface area contributed by atoms with Gasteiger partial charge in [-0.2, -0.15) is 0 Å². The molecule has 1 aliphatic carbocycles. The molecule has 0 radical (unpaired) electrons. The SMILES string of the molecule is CC.COc1nc(-c2cccc(-c3cccc(Nc4ncnc5c4c(=O)n(C)c(=O)n5C)c3Cl)c2Cl)cc2c1C(NC1CCOCC1)CC2. The minimum absolute atomic E-state index is 0.167. The van der Waals surface area contributed by atoms with Crippen molar-refractivity contribution in [2.45, 2.75) is 51.6 Å². The van der Waals surface area contributed by atoms with Gasteiger partial charge in [0.1, 0.15) is 17.5 Å². The standard InChI is InChI=1S/C34H33Cl2N7O4.C2H6/c1-42-31-27(33(44)43(2)34(42)45)30(37-17-38-31)40-24-9-5-7-21(29(24)36)20-6-4-8-22(28(20)35)25-16-18-10-11-23(26(18)32(41-25)46-3)39-19-12-14-47-15-13-19;1-2/h4-9,16-17,19,23,39H,10-15H2,1-3H3,(H,37,38,40);1-2H3. The Hall–Kier alpha value is -4.29. The molecule has 1 saturated heterocycles. The molecule has 7 rings (SSSR count). The zero-order chi connectivity index (χ0) is 34.8. The smallest absolute Gasteiger partial charge is 0.332 e. The number of anilines is 2. The zero-order valence-corrected chi connectivity index (χ0v) is 29.7. The van der Waals surface area contributed by atoms with Gasteiger partial charge in [-0.05, 0) is 43.4 Å². The van der Waals surface area contributed by atoms with Crippen molar-refractivity contribution in [1.82, 2.24) is 29.4 Å². The Morgan fingerprint density at radius 3 is 2.35 bits per heavy atom. The number of aromatic nitrogens is 5. The van der Waals surface area contributed by atoms with Crippen LogP contribution in [-0.2, 0) is 25.3 Å². The van der Waals surface area contributed by atoms with Crippen LogP contribution >= 0.6 is 23.2 Å². The third kappa shape index (κ3) is 6.43. The molecule has 0 saturated carbocycles. The first-order valence-corrected chi connectivity index (χ1v) is 17.2. The first-order valence-electron chi connectivity index (χ1n) is 16.4. The summed E-state index contributed by atoms with van der Waals surface area (Å²) in [5.41, 5.74) is 4.89. The van der Waals surface area contributed by atoms with E-state index in [0.29, 0.717) is 38.8 Å². The van der Waals surface area contributed by atoms with E-state index in [0.717, 1.165) is 60.3 Å². The van der Waals surface area contributed by atoms with Gasteiger partial charge in [-0.15, -0.1) is 0 Å². The number of hydrogen-bond acceptors (Lipinski definition) is 9. The molecule has 49 heavy (non-hydrogen) atoms. The maximum absolute atomic E-state index is 13.1. The molecule has 2 aromatic carbocycles. The second-order valence-electron chi connectivity index (χ2n) is 11.8. The lowest BCUT2D eigenvalue weighted by Gasteiger charge is -2.27. The maximum atomic E-state index is 13.1. The molecular weight excluding hydrogens is 665 g/mol. The van der Waals surface area contributed by atoms with Crippen LogP contribution in [0.5, 0.6) is 5.88 Å². The number of pyridine rings is 1. The van der Waals surface area contributed by atoms with Gasteiger partial charge in [0.2, 0.25) is 5.88 Å². The number of fused-ring (bicyclic) bond motifs is 2. The fraction of sp³-hybridized carbons (Fsp3) is 0.361. The molecule has 0 bridgehead atoms. The van der Waals surface area contributed by atoms with Crippen LogP contribution in [0.1, 0.15) is 50.3 Å². The molecular formula is C36H39Cl2N7O4. The van der Waals surface area contributed by atoms with Gasteiger partial charge in [-0.1, -0.05) is 67.4 Å². The average Bonchev–Trinajstić information content (AvgIpc) is 3.54. The normalized spacial score (nSPS) is 15.9. The number of benzene rings is 2. The Kier molecular flexibility index (Phi) is 10.4. The summed E-state index contributed by atoms with van der Waals surface area (Å²) in [4.78, 5) is 39.0. The van der Waals surface area contributed by atoms with Crippen LogP contribution in [0.2, 0.25) is 10.0 Å². The Morgan fingerprint density at radius 2 is 1.61 bits per heavy atom. The molecule has 1 aliphatic heterocycles. The predicted octanol–water partition coefficient (Wildman–Crippen LogP) is 6.60. The van der Waals surface area contributed by atoms with Gasteiger partial charge < -0.3 is 20.1 Å². The Bertz CT molecular complexity index is 2140. The molecule has 2 N–H and O–H groups in total. The van der Waals surface area contributed by atoms with Crippen LogP contribution in [0.15, 0.2) is 58.4 Å². The predicted molar refractivity (Wildman–Crippen MR) is 194 cm³/mol. The van der Waals surface area contributed by atoms with Gasteiger partial charge in [0.05, 0.1) is 28.5 Å². The molecule has 0 amide bonds. The van der Waals surface area contributed by atoms with Crippen molar-refractivity contribution >= 4 is 45.7 Å². The van der Waals surface area contributed by atoms with E-state index in [2.05, 4.69) is 26.7 Å². The highest BCUT2D eigenvalue weighted by molar-refractivity contribution is 6.39. The molecule has 256 valence electrons. The van der Waals surface area contributed by atoms with Crippen LogP contribution in [0, 0.1) is 0 Å². The fourth-order valence-corrected chi connectivity index (χ4v) is 7.21. The van der Waals surface area contributed by atoms with E-state index >= 15 is 0 Å². The number of methoxy groups -OCH3 is 1. The molecule has 1 atom stereocenters. The lowest BCUT2D eigenvalue weighted by molar-refractivity contribution is 0.0748. The van der Waals surface area contributed by atoms with Crippen molar-refractivity contribution in [3.05, 3.63) is 90.8 Å². The third-order valence-corrected chi connectivity index (χ3v) is 9.88. The topological polar surface area (TPSA) is 125 Å². The monoisotopic (exact) mass is 703 g/mol. The first kappa shape index (κ1) is 34.6. The maximum Gasteiger partial charge on any atom is 0.332 e. The molecule has 1 fully saturated rings. The van der Waals surface area contributed by atoms with Crippen molar-refractivity contribution < 1.29 is 9.47 Å². The summed E-state index contributed by atoms with van der Waals surface area (Å²) in [6.07, 6.45) is 5.17.